The number of halogens is 3. The van der Waals surface area contributed by atoms with Crippen LogP contribution in [0, 0.1) is 0 Å². The normalized spacial score (nSPS) is 18.1. The van der Waals surface area contributed by atoms with Gasteiger partial charge in [0.2, 0.25) is 0 Å². The second-order valence-electron chi connectivity index (χ2n) is 4.77. The molecule has 0 radical (unpaired) electrons. The molecule has 2 rings (SSSR count). The zero-order valence-electron chi connectivity index (χ0n) is 11.2. The largest absolute Gasteiger partial charge is 1.00 e. The first-order chi connectivity index (χ1) is 8.53. The second kappa shape index (κ2) is 8.17. The monoisotopic (exact) mass is 296 g/mol. The molecule has 1 aliphatic heterocycles. The van der Waals surface area contributed by atoms with Crippen molar-refractivity contribution in [3.63, 3.8) is 0 Å². The predicted octanol–water partition coefficient (Wildman–Crippen LogP) is -0.805. The molecule has 0 bridgehead atoms. The first-order valence-electron chi connectivity index (χ1n) is 6.22. The van der Waals surface area contributed by atoms with Gasteiger partial charge in [-0.15, -0.1) is 0 Å². The second-order valence-corrected chi connectivity index (χ2v) is 4.77. The van der Waals surface area contributed by atoms with Crippen molar-refractivity contribution in [1.29, 1.82) is 0 Å². The van der Waals surface area contributed by atoms with Crippen LogP contribution in [0.2, 0.25) is 0 Å². The SMILES string of the molecule is F[B-](F)(F)CN1CCN(Cc2ccccc2)CC1.[K+]. The number of benzene rings is 1. The molecule has 0 N–H and O–H groups in total. The molecule has 0 spiro atoms. The van der Waals surface area contributed by atoms with Crippen molar-refractivity contribution in [3.8, 4) is 0 Å². The van der Waals surface area contributed by atoms with Gasteiger partial charge in [0.05, 0.1) is 0 Å². The Bertz CT molecular complexity index is 367. The van der Waals surface area contributed by atoms with Crippen LogP contribution in [0.5, 0.6) is 0 Å². The van der Waals surface area contributed by atoms with Gasteiger partial charge in [-0.05, 0) is 12.0 Å². The van der Waals surface area contributed by atoms with Crippen LogP contribution >= 0.6 is 0 Å². The molecular formula is C12H17BF3KN2. The standard InChI is InChI=1S/C12H17BF3N2.K/c14-13(15,16)11-18-8-6-17(7-9-18)10-12-4-2-1-3-5-12;/h1-5H,6-11H2;/q-1;+1. The minimum atomic E-state index is -4.69. The summed E-state index contributed by atoms with van der Waals surface area (Å²) in [5, 5.41) is 0. The number of piperazine rings is 1. The molecule has 0 atom stereocenters. The van der Waals surface area contributed by atoms with E-state index in [9.17, 15) is 12.9 Å². The molecule has 100 valence electrons. The van der Waals surface area contributed by atoms with E-state index in [-0.39, 0.29) is 51.4 Å². The summed E-state index contributed by atoms with van der Waals surface area (Å²) in [7, 11) is 0. The Labute approximate surface area is 154 Å². The molecule has 1 aromatic rings. The average molecular weight is 296 g/mol. The molecule has 19 heavy (non-hydrogen) atoms. The maximum Gasteiger partial charge on any atom is 1.00 e. The summed E-state index contributed by atoms with van der Waals surface area (Å²) >= 11 is 0. The Morgan fingerprint density at radius 3 is 1.95 bits per heavy atom. The summed E-state index contributed by atoms with van der Waals surface area (Å²) < 4.78 is 36.9. The number of hydrogen-bond donors (Lipinski definition) is 0. The molecule has 1 aromatic carbocycles. The fourth-order valence-corrected chi connectivity index (χ4v) is 2.26. The average Bonchev–Trinajstić information content (AvgIpc) is 2.31. The van der Waals surface area contributed by atoms with Gasteiger partial charge in [-0.2, -0.15) is 0 Å². The molecule has 0 aliphatic carbocycles. The van der Waals surface area contributed by atoms with E-state index in [4.69, 9.17) is 0 Å². The van der Waals surface area contributed by atoms with Crippen LogP contribution in [0.4, 0.5) is 12.9 Å². The third-order valence-corrected chi connectivity index (χ3v) is 3.18. The van der Waals surface area contributed by atoms with E-state index < -0.39 is 13.4 Å². The van der Waals surface area contributed by atoms with Gasteiger partial charge in [0.15, 0.2) is 0 Å². The molecule has 1 heterocycles. The van der Waals surface area contributed by atoms with Crippen LogP contribution in [-0.4, -0.2) is 49.4 Å². The first kappa shape index (κ1) is 17.7. The maximum atomic E-state index is 12.3. The zero-order chi connectivity index (χ0) is 13.0. The Morgan fingerprint density at radius 2 is 1.42 bits per heavy atom. The summed E-state index contributed by atoms with van der Waals surface area (Å²) in [6, 6.07) is 10.0. The van der Waals surface area contributed by atoms with Gasteiger partial charge in [-0.3, -0.25) is 4.90 Å². The molecule has 2 nitrogen and oxygen atoms in total. The summed E-state index contributed by atoms with van der Waals surface area (Å²) in [6.07, 6.45) is -0.723. The van der Waals surface area contributed by atoms with E-state index in [1.807, 2.05) is 30.3 Å². The fraction of sp³-hybridized carbons (Fsp3) is 0.500. The summed E-state index contributed by atoms with van der Waals surface area (Å²) in [4.78, 5) is 3.71. The van der Waals surface area contributed by atoms with Crippen molar-refractivity contribution in [2.75, 3.05) is 32.6 Å². The van der Waals surface area contributed by atoms with Crippen molar-refractivity contribution in [2.24, 2.45) is 0 Å². The molecule has 0 aromatic heterocycles. The fourth-order valence-electron chi connectivity index (χ4n) is 2.26. The van der Waals surface area contributed by atoms with Crippen LogP contribution in [0.25, 0.3) is 0 Å². The van der Waals surface area contributed by atoms with Gasteiger partial charge in [0.1, 0.15) is 0 Å². The van der Waals surface area contributed by atoms with Crippen LogP contribution in [0.1, 0.15) is 5.56 Å². The minimum Gasteiger partial charge on any atom is -0.448 e. The molecule has 1 fully saturated rings. The summed E-state index contributed by atoms with van der Waals surface area (Å²) in [5.74, 6) is 0. The molecule has 0 unspecified atom stereocenters. The number of rotatable bonds is 4. The van der Waals surface area contributed by atoms with E-state index in [2.05, 4.69) is 4.90 Å². The Kier molecular flexibility index (Phi) is 7.60. The van der Waals surface area contributed by atoms with E-state index in [1.165, 1.54) is 10.5 Å². The summed E-state index contributed by atoms with van der Waals surface area (Å²) in [6.45, 7) is -1.43. The van der Waals surface area contributed by atoms with Crippen molar-refractivity contribution in [1.82, 2.24) is 9.80 Å². The van der Waals surface area contributed by atoms with Gasteiger partial charge in [-0.25, -0.2) is 0 Å². The quantitative estimate of drug-likeness (QED) is 0.671. The van der Waals surface area contributed by atoms with Gasteiger partial charge in [0, 0.05) is 32.7 Å². The van der Waals surface area contributed by atoms with Crippen LogP contribution in [0.3, 0.4) is 0 Å². The van der Waals surface area contributed by atoms with E-state index in [1.54, 1.807) is 0 Å². The van der Waals surface area contributed by atoms with Gasteiger partial charge in [-0.1, -0.05) is 30.3 Å². The smallest absolute Gasteiger partial charge is 0.448 e. The van der Waals surface area contributed by atoms with Crippen LogP contribution < -0.4 is 51.4 Å². The van der Waals surface area contributed by atoms with Gasteiger partial charge in [0.25, 0.3) is 0 Å². The van der Waals surface area contributed by atoms with Crippen LogP contribution in [0.15, 0.2) is 30.3 Å². The minimum absolute atomic E-state index is 0. The topological polar surface area (TPSA) is 6.48 Å². The van der Waals surface area contributed by atoms with E-state index in [0.29, 0.717) is 26.2 Å². The molecule has 0 saturated carbocycles. The predicted molar refractivity (Wildman–Crippen MR) is 67.2 cm³/mol. The first-order valence-corrected chi connectivity index (χ1v) is 6.22. The third-order valence-electron chi connectivity index (χ3n) is 3.18. The van der Waals surface area contributed by atoms with Crippen molar-refractivity contribution in [2.45, 2.75) is 6.54 Å². The van der Waals surface area contributed by atoms with Crippen molar-refractivity contribution in [3.05, 3.63) is 35.9 Å². The molecule has 1 saturated heterocycles. The number of hydrogen-bond acceptors (Lipinski definition) is 2. The Balaban J connectivity index is 0.00000180. The van der Waals surface area contributed by atoms with E-state index in [0.717, 1.165) is 6.54 Å². The van der Waals surface area contributed by atoms with Crippen molar-refractivity contribution < 1.29 is 64.3 Å². The van der Waals surface area contributed by atoms with E-state index >= 15 is 0 Å². The molecule has 0 amide bonds. The summed E-state index contributed by atoms with van der Waals surface area (Å²) in [5.41, 5.74) is 1.21. The Morgan fingerprint density at radius 1 is 0.895 bits per heavy atom. The van der Waals surface area contributed by atoms with Gasteiger partial charge >= 0.3 is 58.4 Å². The Hall–Kier alpha value is 0.631. The maximum absolute atomic E-state index is 12.3. The van der Waals surface area contributed by atoms with Crippen LogP contribution in [-0.2, 0) is 6.54 Å². The van der Waals surface area contributed by atoms with Gasteiger partial charge < -0.3 is 17.8 Å². The third kappa shape index (κ3) is 6.75. The van der Waals surface area contributed by atoms with Crippen molar-refractivity contribution >= 4 is 6.98 Å². The molecular weight excluding hydrogens is 279 g/mol. The number of nitrogens with zero attached hydrogens (tertiary/aromatic N) is 2. The molecule has 7 heteroatoms. The molecule has 1 aliphatic rings. The zero-order valence-corrected chi connectivity index (χ0v) is 14.4.